The van der Waals surface area contributed by atoms with Crippen LogP contribution < -0.4 is 0 Å². The lowest BCUT2D eigenvalue weighted by molar-refractivity contribution is -0.124. The summed E-state index contributed by atoms with van der Waals surface area (Å²) in [6, 6.07) is 71.1. The van der Waals surface area contributed by atoms with Crippen LogP contribution in [0.15, 0.2) is 218 Å². The van der Waals surface area contributed by atoms with Crippen molar-refractivity contribution in [3.8, 4) is 0 Å². The van der Waals surface area contributed by atoms with Crippen LogP contribution >= 0.6 is 0 Å². The van der Waals surface area contributed by atoms with Gasteiger partial charge >= 0.3 is 0 Å². The topological polar surface area (TPSA) is 154 Å². The zero-order valence-corrected chi connectivity index (χ0v) is 78.6. The van der Waals surface area contributed by atoms with E-state index in [0.29, 0.717) is 50.1 Å². The summed E-state index contributed by atoms with van der Waals surface area (Å²) in [5.41, 5.74) is 17.8. The molecular weight excluding hydrogens is 1480 g/mol. The zero-order chi connectivity index (χ0) is 90.8. The van der Waals surface area contributed by atoms with Gasteiger partial charge in [0.25, 0.3) is 0 Å². The summed E-state index contributed by atoms with van der Waals surface area (Å²) in [6.45, 7) is 52.3. The van der Waals surface area contributed by atoms with Gasteiger partial charge in [0.05, 0.1) is 0 Å². The molecule has 0 saturated carbocycles. The second kappa shape index (κ2) is 57.3. The minimum absolute atomic E-state index is 0.0905. The van der Waals surface area contributed by atoms with Crippen molar-refractivity contribution in [3.63, 3.8) is 0 Å². The number of unbranched alkanes of at least 4 members (excludes halogenated alkanes) is 6. The number of carbonyl (C=O) groups is 9. The molecule has 0 aromatic heterocycles. The molecule has 0 saturated heterocycles. The Hall–Kier alpha value is -9.99. The van der Waals surface area contributed by atoms with Gasteiger partial charge in [-0.05, 0) is 153 Å². The first-order valence-electron chi connectivity index (χ1n) is 43.9. The molecule has 9 heteroatoms. The van der Waals surface area contributed by atoms with Gasteiger partial charge in [-0.3, -0.25) is 38.4 Å². The van der Waals surface area contributed by atoms with Crippen LogP contribution in [0.2, 0.25) is 0 Å². The summed E-state index contributed by atoms with van der Waals surface area (Å²) >= 11 is 0. The normalized spacial score (nSPS) is 10.7. The van der Waals surface area contributed by atoms with E-state index in [1.165, 1.54) is 56.5 Å². The van der Waals surface area contributed by atoms with E-state index in [2.05, 4.69) is 90.1 Å². The summed E-state index contributed by atoms with van der Waals surface area (Å²) < 4.78 is 0. The maximum Gasteiger partial charge on any atom is 0.168 e. The molecule has 0 spiro atoms. The number of hydrogen-bond donors (Lipinski definition) is 0. The van der Waals surface area contributed by atoms with Crippen LogP contribution in [-0.2, 0) is 30.6 Å². The standard InChI is InChI=1S/C16H24O.C15H22O.C13H18O.2C12H16O.3C11H14O.C10H12O/c1-5-6-7-8-15(17)16(3,4)14-11-9-13(2)10-12-14;1-5-6-7-14(16)15(3,4)13-10-8-12(2)9-11-13;1-3-4-5-6-13(14)12-9-7-11(2)8-10-12;1-9-5-7-10(8-6-9)11(13)12(2,3)4;1-3-4-5-12(13)11-8-6-10(2)7-9-11;1-9-4-6-10(7-5-9)11(2,3)8-12;1-8(2)11(12)10-6-4-9(3)5-7-10;1-3-4-11(12)10-7-5-9(2)6-8-10;1-3-10(11)9-6-4-8(2)5-7-9/h9-12H,5-8H2,1-4H3;8-11H,5-7H2,1-4H3;7-10H,3-6H2,1-2H3;5-8H,1-4H3;6-9H,3-5H2,1-2H3;2*4-8H,1-3H3;5-8H,3-4H2,1-2H3;4-7H,3H2,1-2H3. The Morgan fingerprint density at radius 2 is 0.500 bits per heavy atom. The Bertz CT molecular complexity index is 4450. The summed E-state index contributed by atoms with van der Waals surface area (Å²) in [6.07, 6.45) is 16.7. The van der Waals surface area contributed by atoms with E-state index >= 15 is 0 Å². The van der Waals surface area contributed by atoms with E-state index in [9.17, 15) is 43.2 Å². The molecule has 9 rings (SSSR count). The van der Waals surface area contributed by atoms with Crippen molar-refractivity contribution < 1.29 is 43.2 Å². The van der Waals surface area contributed by atoms with E-state index in [4.69, 9.17) is 0 Å². The van der Waals surface area contributed by atoms with Crippen molar-refractivity contribution in [2.75, 3.05) is 0 Å². The van der Waals surface area contributed by atoms with Gasteiger partial charge < -0.3 is 4.79 Å². The van der Waals surface area contributed by atoms with Crippen molar-refractivity contribution >= 4 is 52.6 Å². The van der Waals surface area contributed by atoms with E-state index in [-0.39, 0.29) is 62.3 Å². The molecule has 0 aliphatic heterocycles. The molecule has 0 aliphatic rings. The summed E-state index contributed by atoms with van der Waals surface area (Å²) in [7, 11) is 0. The molecule has 9 aromatic rings. The third-order valence-electron chi connectivity index (χ3n) is 20.7. The van der Waals surface area contributed by atoms with Crippen molar-refractivity contribution in [2.45, 2.75) is 305 Å². The Balaban J connectivity index is 0.000000677. The predicted molar refractivity (Wildman–Crippen MR) is 509 cm³/mol. The molecule has 9 nitrogen and oxygen atoms in total. The third kappa shape index (κ3) is 42.8. The quantitative estimate of drug-likeness (QED) is 0.0243. The first-order valence-corrected chi connectivity index (χ1v) is 43.9. The molecule has 0 amide bonds. The Labute approximate surface area is 726 Å². The first kappa shape index (κ1) is 108. The van der Waals surface area contributed by atoms with Gasteiger partial charge in [0.15, 0.2) is 34.7 Å². The van der Waals surface area contributed by atoms with E-state index in [1.54, 1.807) is 0 Å². The number of carbonyl (C=O) groups excluding carboxylic acids is 9. The summed E-state index contributed by atoms with van der Waals surface area (Å²) in [5, 5.41) is 0. The molecular formula is C111H150O9. The van der Waals surface area contributed by atoms with E-state index in [0.717, 1.165) is 121 Å². The molecule has 0 atom stereocenters. The van der Waals surface area contributed by atoms with Gasteiger partial charge in [0.1, 0.15) is 17.9 Å². The number of benzene rings is 9. The Morgan fingerprint density at radius 1 is 0.267 bits per heavy atom. The van der Waals surface area contributed by atoms with Gasteiger partial charge in [-0.1, -0.05) is 383 Å². The Morgan fingerprint density at radius 3 is 0.767 bits per heavy atom. The average molecular weight is 1630 g/mol. The minimum Gasteiger partial charge on any atom is -0.302 e. The molecule has 120 heavy (non-hydrogen) atoms. The molecule has 0 heterocycles. The second-order valence-electron chi connectivity index (χ2n) is 34.7. The number of aryl methyl sites for hydroxylation is 9. The largest absolute Gasteiger partial charge is 0.302 e. The SMILES string of the molecule is CCC(=O)c1ccc(C)cc1.CCCC(=O)c1ccc(C)cc1.CCCCC(=O)C(C)(C)c1ccc(C)cc1.CCCCC(=O)c1ccc(C)cc1.CCCCCC(=O)C(C)(C)c1ccc(C)cc1.CCCCCC(=O)c1ccc(C)cc1.Cc1ccc(C(=O)C(C)(C)C)cc1.Cc1ccc(C(=O)C(C)C)cc1.Cc1ccc(C(C)(C)C=O)cc1. The van der Waals surface area contributed by atoms with E-state index in [1.807, 2.05) is 308 Å². The fourth-order valence-corrected chi connectivity index (χ4v) is 11.7. The summed E-state index contributed by atoms with van der Waals surface area (Å²) in [5.74, 6) is 2.21. The maximum absolute atomic E-state index is 12.2. The number of aldehydes is 1. The average Bonchev–Trinajstić information content (AvgIpc) is 0.825. The van der Waals surface area contributed by atoms with Crippen LogP contribution in [0, 0.1) is 73.6 Å². The van der Waals surface area contributed by atoms with Crippen LogP contribution in [0.1, 0.15) is 356 Å². The zero-order valence-electron chi connectivity index (χ0n) is 78.6. The van der Waals surface area contributed by atoms with Crippen molar-refractivity contribution in [1.29, 1.82) is 0 Å². The predicted octanol–water partition coefficient (Wildman–Crippen LogP) is 29.7. The van der Waals surface area contributed by atoms with Crippen molar-refractivity contribution in [2.24, 2.45) is 11.3 Å². The van der Waals surface area contributed by atoms with Crippen LogP contribution in [0.4, 0.5) is 0 Å². The molecule has 0 aliphatic carbocycles. The first-order chi connectivity index (χ1) is 56.5. The second-order valence-corrected chi connectivity index (χ2v) is 34.7. The monoisotopic (exact) mass is 1630 g/mol. The number of hydrogen-bond acceptors (Lipinski definition) is 9. The van der Waals surface area contributed by atoms with Crippen molar-refractivity contribution in [1.82, 2.24) is 0 Å². The number of ketones is 8. The van der Waals surface area contributed by atoms with Crippen LogP contribution in [0.25, 0.3) is 0 Å². The minimum atomic E-state index is -0.353. The molecule has 0 unspecified atom stereocenters. The van der Waals surface area contributed by atoms with Gasteiger partial charge in [-0.15, -0.1) is 0 Å². The lowest BCUT2D eigenvalue weighted by atomic mass is 9.78. The maximum atomic E-state index is 12.2. The van der Waals surface area contributed by atoms with Crippen LogP contribution in [0.3, 0.4) is 0 Å². The molecule has 0 radical (unpaired) electrons. The Kier molecular flexibility index (Phi) is 51.6. The molecule has 9 aromatic carbocycles. The smallest absolute Gasteiger partial charge is 0.168 e. The highest BCUT2D eigenvalue weighted by atomic mass is 16.2. The molecule has 0 bridgehead atoms. The van der Waals surface area contributed by atoms with Gasteiger partial charge in [0, 0.05) is 99.5 Å². The van der Waals surface area contributed by atoms with Crippen LogP contribution in [0.5, 0.6) is 0 Å². The van der Waals surface area contributed by atoms with Crippen molar-refractivity contribution in [3.05, 3.63) is 319 Å². The van der Waals surface area contributed by atoms with E-state index < -0.39 is 0 Å². The fourth-order valence-electron chi connectivity index (χ4n) is 11.7. The highest BCUT2D eigenvalue weighted by Gasteiger charge is 2.30. The van der Waals surface area contributed by atoms with Gasteiger partial charge in [-0.2, -0.15) is 0 Å². The number of Topliss-reactive ketones (excluding diaryl/α,β-unsaturated/α-hetero) is 8. The fraction of sp³-hybridized carbons (Fsp3) is 0.432. The highest BCUT2D eigenvalue weighted by Crippen LogP contribution is 2.29. The third-order valence-corrected chi connectivity index (χ3v) is 20.7. The lowest BCUT2D eigenvalue weighted by Gasteiger charge is -2.24. The molecule has 0 fully saturated rings. The summed E-state index contributed by atoms with van der Waals surface area (Å²) in [4.78, 5) is 104. The van der Waals surface area contributed by atoms with Gasteiger partial charge in [0.2, 0.25) is 0 Å². The van der Waals surface area contributed by atoms with Gasteiger partial charge in [-0.25, -0.2) is 0 Å². The highest BCUT2D eigenvalue weighted by molar-refractivity contribution is 6.00. The van der Waals surface area contributed by atoms with Crippen LogP contribution in [-0.4, -0.2) is 52.6 Å². The number of rotatable bonds is 30. The molecule has 0 N–H and O–H groups in total. The molecule has 648 valence electrons. The lowest BCUT2D eigenvalue weighted by Crippen LogP contribution is -2.28.